The second-order valence-electron chi connectivity index (χ2n) is 6.46. The summed E-state index contributed by atoms with van der Waals surface area (Å²) in [6.07, 6.45) is 0.564. The summed E-state index contributed by atoms with van der Waals surface area (Å²) >= 11 is 0. The van der Waals surface area contributed by atoms with Gasteiger partial charge in [-0.05, 0) is 31.2 Å². The van der Waals surface area contributed by atoms with Gasteiger partial charge >= 0.3 is 5.97 Å². The number of methoxy groups -OCH3 is 1. The molecule has 0 radical (unpaired) electrons. The number of ether oxygens (including phenoxy) is 1. The normalized spacial score (nSPS) is 13.0. The van der Waals surface area contributed by atoms with E-state index in [1.165, 1.54) is 7.11 Å². The van der Waals surface area contributed by atoms with E-state index in [1.54, 1.807) is 35.8 Å². The molecule has 6 nitrogen and oxygen atoms in total. The van der Waals surface area contributed by atoms with Gasteiger partial charge in [0.2, 0.25) is 6.41 Å². The van der Waals surface area contributed by atoms with Gasteiger partial charge in [-0.15, -0.1) is 0 Å². The van der Waals surface area contributed by atoms with Gasteiger partial charge in [0.15, 0.2) is 0 Å². The Kier molecular flexibility index (Phi) is 5.07. The number of esters is 1. The number of amides is 1. The van der Waals surface area contributed by atoms with Crippen molar-refractivity contribution in [2.75, 3.05) is 7.11 Å². The largest absolute Gasteiger partial charge is 0.467 e. The van der Waals surface area contributed by atoms with Crippen LogP contribution in [0.25, 0.3) is 10.9 Å². The second kappa shape index (κ2) is 7.45. The molecule has 0 bridgehead atoms. The number of nitrogens with one attached hydrogen (secondary N) is 1. The highest BCUT2D eigenvalue weighted by molar-refractivity contribution is 6.03. The summed E-state index contributed by atoms with van der Waals surface area (Å²) in [5.74, 6) is -0.788. The van der Waals surface area contributed by atoms with Crippen LogP contribution in [0.2, 0.25) is 0 Å². The maximum absolute atomic E-state index is 13.2. The van der Waals surface area contributed by atoms with Gasteiger partial charge in [0, 0.05) is 23.1 Å². The molecule has 27 heavy (non-hydrogen) atoms. The Morgan fingerprint density at radius 2 is 1.78 bits per heavy atom. The predicted molar refractivity (Wildman–Crippen MR) is 101 cm³/mol. The molecular weight excluding hydrogens is 344 g/mol. The number of rotatable bonds is 6. The van der Waals surface area contributed by atoms with E-state index in [9.17, 15) is 14.4 Å². The van der Waals surface area contributed by atoms with Gasteiger partial charge in [0.1, 0.15) is 5.54 Å². The molecule has 3 aromatic rings. The molecule has 3 rings (SSSR count). The molecular formula is C21H20N2O4. The summed E-state index contributed by atoms with van der Waals surface area (Å²) in [5.41, 5.74) is 0.578. The van der Waals surface area contributed by atoms with Crippen LogP contribution < -0.4 is 5.32 Å². The molecule has 0 aliphatic carbocycles. The third kappa shape index (κ3) is 3.46. The van der Waals surface area contributed by atoms with Crippen molar-refractivity contribution in [3.8, 4) is 0 Å². The first-order chi connectivity index (χ1) is 13.0. The van der Waals surface area contributed by atoms with Crippen LogP contribution in [-0.4, -0.2) is 35.5 Å². The van der Waals surface area contributed by atoms with E-state index >= 15 is 0 Å². The molecule has 1 aromatic heterocycles. The third-order valence-electron chi connectivity index (χ3n) is 4.56. The van der Waals surface area contributed by atoms with Gasteiger partial charge in [-0.2, -0.15) is 0 Å². The first kappa shape index (κ1) is 18.4. The third-order valence-corrected chi connectivity index (χ3v) is 4.56. The lowest BCUT2D eigenvalue weighted by atomic mass is 9.95. The number of carbonyl (C=O) groups is 3. The summed E-state index contributed by atoms with van der Waals surface area (Å²) < 4.78 is 6.43. The molecule has 0 unspecified atom stereocenters. The van der Waals surface area contributed by atoms with E-state index < -0.39 is 11.5 Å². The fraction of sp³-hybridized carbons (Fsp3) is 0.190. The van der Waals surface area contributed by atoms with Gasteiger partial charge in [-0.25, -0.2) is 4.79 Å². The number of hydrogen-bond donors (Lipinski definition) is 1. The Labute approximate surface area is 156 Å². The van der Waals surface area contributed by atoms with E-state index in [-0.39, 0.29) is 12.3 Å². The van der Waals surface area contributed by atoms with Crippen LogP contribution in [0.1, 0.15) is 23.0 Å². The minimum absolute atomic E-state index is 0.103. The fourth-order valence-electron chi connectivity index (χ4n) is 3.19. The van der Waals surface area contributed by atoms with Crippen LogP contribution in [0.3, 0.4) is 0 Å². The lowest BCUT2D eigenvalue weighted by molar-refractivity contribution is -0.149. The second-order valence-corrected chi connectivity index (χ2v) is 6.46. The standard InChI is InChI=1S/C21H20N2O4/c1-21(22-14-24,20(26)27-2)13-17-12-16-10-6-7-11-18(16)23(17)19(25)15-8-4-3-5-9-15/h3-12,14H,13H2,1-2H3,(H,22,24)/t21-/m0/s1. The lowest BCUT2D eigenvalue weighted by Gasteiger charge is -2.26. The molecule has 1 heterocycles. The molecule has 0 saturated carbocycles. The van der Waals surface area contributed by atoms with Crippen molar-refractivity contribution in [1.82, 2.24) is 9.88 Å². The minimum Gasteiger partial charge on any atom is -0.467 e. The highest BCUT2D eigenvalue weighted by Crippen LogP contribution is 2.25. The zero-order valence-electron chi connectivity index (χ0n) is 15.1. The molecule has 138 valence electrons. The minimum atomic E-state index is -1.29. The van der Waals surface area contributed by atoms with Crippen LogP contribution in [0, 0.1) is 0 Å². The van der Waals surface area contributed by atoms with Crippen molar-refractivity contribution in [3.63, 3.8) is 0 Å². The van der Waals surface area contributed by atoms with Crippen LogP contribution in [0.15, 0.2) is 60.7 Å². The number of aromatic nitrogens is 1. The number of fused-ring (bicyclic) bond motifs is 1. The van der Waals surface area contributed by atoms with Crippen LogP contribution >= 0.6 is 0 Å². The Balaban J connectivity index is 2.14. The highest BCUT2D eigenvalue weighted by Gasteiger charge is 2.36. The van der Waals surface area contributed by atoms with E-state index in [2.05, 4.69) is 5.32 Å². The number of para-hydroxylation sites is 1. The van der Waals surface area contributed by atoms with Gasteiger partial charge in [-0.3, -0.25) is 14.2 Å². The Morgan fingerprint density at radius 3 is 2.44 bits per heavy atom. The Morgan fingerprint density at radius 1 is 1.11 bits per heavy atom. The molecule has 0 spiro atoms. The lowest BCUT2D eigenvalue weighted by Crippen LogP contribution is -2.51. The number of benzene rings is 2. The van der Waals surface area contributed by atoms with E-state index in [0.717, 1.165) is 10.9 Å². The maximum atomic E-state index is 13.2. The average Bonchev–Trinajstić information content (AvgIpc) is 3.05. The predicted octanol–water partition coefficient (Wildman–Crippen LogP) is 2.55. The van der Waals surface area contributed by atoms with Crippen LogP contribution in [-0.2, 0) is 20.7 Å². The van der Waals surface area contributed by atoms with Crippen molar-refractivity contribution in [3.05, 3.63) is 71.9 Å². The number of nitrogens with zero attached hydrogens (tertiary/aromatic N) is 1. The fourth-order valence-corrected chi connectivity index (χ4v) is 3.19. The summed E-state index contributed by atoms with van der Waals surface area (Å²) in [6, 6.07) is 18.2. The van der Waals surface area contributed by atoms with Crippen molar-refractivity contribution in [1.29, 1.82) is 0 Å². The van der Waals surface area contributed by atoms with Gasteiger partial charge in [-0.1, -0.05) is 36.4 Å². The quantitative estimate of drug-likeness (QED) is 0.539. The van der Waals surface area contributed by atoms with Gasteiger partial charge in [0.05, 0.1) is 12.6 Å². The summed E-state index contributed by atoms with van der Waals surface area (Å²) in [4.78, 5) is 36.5. The molecule has 1 amide bonds. The van der Waals surface area contributed by atoms with E-state index in [1.807, 2.05) is 36.4 Å². The first-order valence-electron chi connectivity index (χ1n) is 8.49. The topological polar surface area (TPSA) is 77.4 Å². The first-order valence-corrected chi connectivity index (χ1v) is 8.49. The molecule has 0 fully saturated rings. The summed E-state index contributed by atoms with van der Waals surface area (Å²) in [5, 5.41) is 3.40. The van der Waals surface area contributed by atoms with E-state index in [0.29, 0.717) is 17.7 Å². The zero-order valence-corrected chi connectivity index (χ0v) is 15.1. The summed E-state index contributed by atoms with van der Waals surface area (Å²) in [7, 11) is 1.26. The monoisotopic (exact) mass is 364 g/mol. The number of hydrogen-bond acceptors (Lipinski definition) is 4. The maximum Gasteiger partial charge on any atom is 0.331 e. The molecule has 0 aliphatic heterocycles. The Hall–Kier alpha value is -3.41. The molecule has 0 aliphatic rings. The smallest absolute Gasteiger partial charge is 0.331 e. The van der Waals surface area contributed by atoms with Crippen LogP contribution in [0.5, 0.6) is 0 Å². The summed E-state index contributed by atoms with van der Waals surface area (Å²) in [6.45, 7) is 1.57. The van der Waals surface area contributed by atoms with E-state index in [4.69, 9.17) is 4.74 Å². The molecule has 0 saturated heterocycles. The number of carbonyl (C=O) groups excluding carboxylic acids is 3. The SMILES string of the molecule is COC(=O)[C@](C)(Cc1cc2ccccc2n1C(=O)c1ccccc1)NC=O. The average molecular weight is 364 g/mol. The van der Waals surface area contributed by atoms with Gasteiger partial charge < -0.3 is 10.1 Å². The van der Waals surface area contributed by atoms with Crippen molar-refractivity contribution < 1.29 is 19.1 Å². The molecule has 1 N–H and O–H groups in total. The zero-order chi connectivity index (χ0) is 19.4. The molecule has 1 atom stereocenters. The van der Waals surface area contributed by atoms with Crippen molar-refractivity contribution >= 4 is 29.2 Å². The van der Waals surface area contributed by atoms with Gasteiger partial charge in [0.25, 0.3) is 5.91 Å². The Bertz CT molecular complexity index is 994. The van der Waals surface area contributed by atoms with Crippen molar-refractivity contribution in [2.24, 2.45) is 0 Å². The highest BCUT2D eigenvalue weighted by atomic mass is 16.5. The molecule has 6 heteroatoms. The van der Waals surface area contributed by atoms with Crippen LogP contribution in [0.4, 0.5) is 0 Å². The molecule has 2 aromatic carbocycles. The van der Waals surface area contributed by atoms with Crippen molar-refractivity contribution in [2.45, 2.75) is 18.9 Å².